The van der Waals surface area contributed by atoms with Gasteiger partial charge in [0.15, 0.2) is 0 Å². The Bertz CT molecular complexity index is 129. The molecule has 0 saturated heterocycles. The van der Waals surface area contributed by atoms with Gasteiger partial charge in [0, 0.05) is 0 Å². The second kappa shape index (κ2) is 3.94. The van der Waals surface area contributed by atoms with Crippen LogP contribution >= 0.6 is 0 Å². The van der Waals surface area contributed by atoms with E-state index in [0.717, 1.165) is 0 Å². The normalized spacial score (nSPS) is 14.6. The lowest BCUT2D eigenvalue weighted by Gasteiger charge is -2.34. The summed E-state index contributed by atoms with van der Waals surface area (Å²) in [7, 11) is 0. The molecule has 0 aromatic heterocycles. The summed E-state index contributed by atoms with van der Waals surface area (Å²) in [6.07, 6.45) is 2.50. The van der Waals surface area contributed by atoms with Crippen LogP contribution in [0.2, 0.25) is 0 Å². The first kappa shape index (κ1) is 10.7. The molecule has 0 bridgehead atoms. The molecule has 0 N–H and O–H groups in total. The number of allylic oxidation sites excluding steroid dienone is 1. The third-order valence-electron chi connectivity index (χ3n) is 3.40. The average molecular weight is 154 g/mol. The van der Waals surface area contributed by atoms with Crippen LogP contribution in [0.25, 0.3) is 0 Å². The van der Waals surface area contributed by atoms with E-state index >= 15 is 0 Å². The fraction of sp³-hybridized carbons (Fsp3) is 0.818. The molecular formula is C11H22. The molecule has 0 aliphatic rings. The summed E-state index contributed by atoms with van der Waals surface area (Å²) in [5.74, 6) is 0.650. The van der Waals surface area contributed by atoms with Crippen molar-refractivity contribution in [2.24, 2.45) is 11.3 Å². The van der Waals surface area contributed by atoms with Crippen molar-refractivity contribution < 1.29 is 0 Å². The molecule has 0 nitrogen and oxygen atoms in total. The van der Waals surface area contributed by atoms with Gasteiger partial charge in [-0.2, -0.15) is 0 Å². The lowest BCUT2D eigenvalue weighted by molar-refractivity contribution is 0.213. The van der Waals surface area contributed by atoms with E-state index in [1.54, 1.807) is 0 Å². The van der Waals surface area contributed by atoms with Crippen LogP contribution in [0.15, 0.2) is 12.2 Å². The predicted octanol–water partition coefficient (Wildman–Crippen LogP) is 4.02. The van der Waals surface area contributed by atoms with E-state index in [0.29, 0.717) is 11.3 Å². The maximum absolute atomic E-state index is 4.02. The van der Waals surface area contributed by atoms with Gasteiger partial charge in [-0.1, -0.05) is 52.7 Å². The SMILES string of the molecule is C=C(C)C(C)C(C)(CC)CC. The molecule has 0 heteroatoms. The van der Waals surface area contributed by atoms with Crippen LogP contribution in [-0.2, 0) is 0 Å². The second-order valence-corrected chi connectivity index (χ2v) is 3.93. The quantitative estimate of drug-likeness (QED) is 0.536. The van der Waals surface area contributed by atoms with E-state index in [-0.39, 0.29) is 0 Å². The Balaban J connectivity index is 4.36. The van der Waals surface area contributed by atoms with Crippen molar-refractivity contribution in [2.45, 2.75) is 47.5 Å². The van der Waals surface area contributed by atoms with Crippen LogP contribution in [0.5, 0.6) is 0 Å². The lowest BCUT2D eigenvalue weighted by atomic mass is 9.71. The summed E-state index contributed by atoms with van der Waals surface area (Å²) in [4.78, 5) is 0. The molecule has 66 valence electrons. The molecule has 0 aliphatic heterocycles. The predicted molar refractivity (Wildman–Crippen MR) is 52.7 cm³/mol. The third kappa shape index (κ3) is 2.36. The Labute approximate surface area is 71.7 Å². The fourth-order valence-corrected chi connectivity index (χ4v) is 1.46. The van der Waals surface area contributed by atoms with E-state index in [1.807, 2.05) is 0 Å². The number of hydrogen-bond donors (Lipinski definition) is 0. The lowest BCUT2D eigenvalue weighted by Crippen LogP contribution is -2.24. The van der Waals surface area contributed by atoms with Gasteiger partial charge < -0.3 is 0 Å². The molecule has 0 amide bonds. The van der Waals surface area contributed by atoms with Gasteiger partial charge >= 0.3 is 0 Å². The minimum absolute atomic E-state index is 0.464. The van der Waals surface area contributed by atoms with Crippen molar-refractivity contribution in [1.29, 1.82) is 0 Å². The molecule has 0 fully saturated rings. The van der Waals surface area contributed by atoms with Gasteiger partial charge in [0.05, 0.1) is 0 Å². The van der Waals surface area contributed by atoms with Crippen molar-refractivity contribution >= 4 is 0 Å². The van der Waals surface area contributed by atoms with Crippen molar-refractivity contribution in [3.8, 4) is 0 Å². The van der Waals surface area contributed by atoms with Gasteiger partial charge in [-0.3, -0.25) is 0 Å². The van der Waals surface area contributed by atoms with Gasteiger partial charge in [-0.15, -0.1) is 0 Å². The standard InChI is InChI=1S/C11H22/c1-7-11(6,8-2)10(5)9(3)4/h10H,3,7-8H2,1-2,4-6H3. The first-order chi connectivity index (χ1) is 4.98. The van der Waals surface area contributed by atoms with E-state index in [4.69, 9.17) is 0 Å². The molecule has 0 saturated carbocycles. The van der Waals surface area contributed by atoms with Crippen molar-refractivity contribution in [1.82, 2.24) is 0 Å². The van der Waals surface area contributed by atoms with Crippen LogP contribution < -0.4 is 0 Å². The second-order valence-electron chi connectivity index (χ2n) is 3.93. The number of hydrogen-bond acceptors (Lipinski definition) is 0. The van der Waals surface area contributed by atoms with Crippen LogP contribution in [0, 0.1) is 11.3 Å². The molecule has 1 atom stereocenters. The summed E-state index contributed by atoms with van der Waals surface area (Å²) < 4.78 is 0. The summed E-state index contributed by atoms with van der Waals surface area (Å²) in [5.41, 5.74) is 1.78. The summed E-state index contributed by atoms with van der Waals surface area (Å²) in [6, 6.07) is 0. The Hall–Kier alpha value is -0.260. The van der Waals surface area contributed by atoms with Crippen molar-refractivity contribution in [2.75, 3.05) is 0 Å². The van der Waals surface area contributed by atoms with Gasteiger partial charge in [-0.05, 0) is 18.3 Å². The smallest absolute Gasteiger partial charge is 0.0183 e. The molecular weight excluding hydrogens is 132 g/mol. The van der Waals surface area contributed by atoms with E-state index in [9.17, 15) is 0 Å². The molecule has 0 spiro atoms. The molecule has 0 aromatic rings. The Kier molecular flexibility index (Phi) is 3.85. The Morgan fingerprint density at radius 1 is 1.36 bits per heavy atom. The molecule has 0 aromatic carbocycles. The summed E-state index contributed by atoms with van der Waals surface area (Å²) >= 11 is 0. The van der Waals surface area contributed by atoms with Crippen LogP contribution in [-0.4, -0.2) is 0 Å². The minimum atomic E-state index is 0.464. The molecule has 0 rings (SSSR count). The highest BCUT2D eigenvalue weighted by Crippen LogP contribution is 2.37. The molecule has 0 heterocycles. The molecule has 11 heavy (non-hydrogen) atoms. The zero-order valence-electron chi connectivity index (χ0n) is 8.70. The van der Waals surface area contributed by atoms with E-state index in [1.165, 1.54) is 18.4 Å². The largest absolute Gasteiger partial charge is 0.0999 e. The molecule has 0 radical (unpaired) electrons. The zero-order valence-corrected chi connectivity index (χ0v) is 8.70. The average Bonchev–Trinajstić information content (AvgIpc) is 2.01. The topological polar surface area (TPSA) is 0 Å². The maximum atomic E-state index is 4.02. The van der Waals surface area contributed by atoms with E-state index < -0.39 is 0 Å². The first-order valence-corrected chi connectivity index (χ1v) is 4.63. The maximum Gasteiger partial charge on any atom is -0.0183 e. The zero-order chi connectivity index (χ0) is 9.07. The van der Waals surface area contributed by atoms with Crippen LogP contribution in [0.1, 0.15) is 47.5 Å². The molecule has 1 unspecified atom stereocenters. The van der Waals surface area contributed by atoms with E-state index in [2.05, 4.69) is 41.2 Å². The monoisotopic (exact) mass is 154 g/mol. The van der Waals surface area contributed by atoms with Gasteiger partial charge in [0.2, 0.25) is 0 Å². The minimum Gasteiger partial charge on any atom is -0.0999 e. The van der Waals surface area contributed by atoms with Crippen LogP contribution in [0.3, 0.4) is 0 Å². The Morgan fingerprint density at radius 2 is 1.73 bits per heavy atom. The molecule has 0 aliphatic carbocycles. The van der Waals surface area contributed by atoms with Gasteiger partial charge in [0.25, 0.3) is 0 Å². The van der Waals surface area contributed by atoms with Gasteiger partial charge in [0.1, 0.15) is 0 Å². The number of rotatable bonds is 4. The third-order valence-corrected chi connectivity index (χ3v) is 3.40. The Morgan fingerprint density at radius 3 is 1.82 bits per heavy atom. The highest BCUT2D eigenvalue weighted by atomic mass is 14.3. The van der Waals surface area contributed by atoms with Crippen molar-refractivity contribution in [3.63, 3.8) is 0 Å². The summed E-state index contributed by atoms with van der Waals surface area (Å²) in [6.45, 7) is 15.3. The summed E-state index contributed by atoms with van der Waals surface area (Å²) in [5, 5.41) is 0. The van der Waals surface area contributed by atoms with Crippen LogP contribution in [0.4, 0.5) is 0 Å². The first-order valence-electron chi connectivity index (χ1n) is 4.63. The van der Waals surface area contributed by atoms with Crippen molar-refractivity contribution in [3.05, 3.63) is 12.2 Å². The fourth-order valence-electron chi connectivity index (χ4n) is 1.46. The highest BCUT2D eigenvalue weighted by Gasteiger charge is 2.27. The highest BCUT2D eigenvalue weighted by molar-refractivity contribution is 5.00. The van der Waals surface area contributed by atoms with Gasteiger partial charge in [-0.25, -0.2) is 0 Å².